The third-order valence-corrected chi connectivity index (χ3v) is 8.55. The Hall–Kier alpha value is -2.08. The molecule has 0 radical (unpaired) electrons. The van der Waals surface area contributed by atoms with E-state index >= 15 is 0 Å². The third kappa shape index (κ3) is 5.06. The van der Waals surface area contributed by atoms with Gasteiger partial charge in [-0.1, -0.05) is 13.8 Å². The van der Waals surface area contributed by atoms with Gasteiger partial charge in [-0.3, -0.25) is 9.59 Å². The first-order chi connectivity index (χ1) is 15.4. The van der Waals surface area contributed by atoms with Crippen LogP contribution in [0.5, 0.6) is 0 Å². The van der Waals surface area contributed by atoms with Gasteiger partial charge in [0.25, 0.3) is 5.91 Å². The summed E-state index contributed by atoms with van der Waals surface area (Å²) in [6, 6.07) is 8.03. The number of aliphatic hydroxyl groups is 1. The SMILES string of the molecule is CN(C)c1ccc(C(=O)N[C@H]2CC(C)(C)[C@@H]3C[C@](C)(O)CC[C@@]23CCC(=O)NC2CC2)cc1. The van der Waals surface area contributed by atoms with Crippen LogP contribution in [0.3, 0.4) is 0 Å². The molecule has 1 aromatic carbocycles. The van der Waals surface area contributed by atoms with Gasteiger partial charge >= 0.3 is 0 Å². The fourth-order valence-corrected chi connectivity index (χ4v) is 6.46. The monoisotopic (exact) mass is 455 g/mol. The molecule has 6 heteroatoms. The first-order valence-electron chi connectivity index (χ1n) is 12.5. The van der Waals surface area contributed by atoms with E-state index in [9.17, 15) is 14.7 Å². The van der Waals surface area contributed by atoms with Crippen LogP contribution in [0.1, 0.15) is 82.5 Å². The largest absolute Gasteiger partial charge is 0.390 e. The Morgan fingerprint density at radius 1 is 1.03 bits per heavy atom. The van der Waals surface area contributed by atoms with Crippen molar-refractivity contribution in [2.24, 2.45) is 16.7 Å². The number of benzene rings is 1. The summed E-state index contributed by atoms with van der Waals surface area (Å²) >= 11 is 0. The van der Waals surface area contributed by atoms with Gasteiger partial charge in [0, 0.05) is 43.9 Å². The second kappa shape index (κ2) is 8.61. The molecule has 0 aromatic heterocycles. The summed E-state index contributed by atoms with van der Waals surface area (Å²) in [6.45, 7) is 6.46. The lowest BCUT2D eigenvalue weighted by molar-refractivity contribution is -0.123. The van der Waals surface area contributed by atoms with Gasteiger partial charge in [0.1, 0.15) is 0 Å². The minimum absolute atomic E-state index is 0.0108. The van der Waals surface area contributed by atoms with Crippen LogP contribution in [0.2, 0.25) is 0 Å². The summed E-state index contributed by atoms with van der Waals surface area (Å²) in [5.41, 5.74) is 0.825. The molecule has 0 bridgehead atoms. The Morgan fingerprint density at radius 2 is 1.70 bits per heavy atom. The van der Waals surface area contributed by atoms with Crippen LogP contribution in [0, 0.1) is 16.7 Å². The number of hydrogen-bond donors (Lipinski definition) is 3. The van der Waals surface area contributed by atoms with Gasteiger partial charge in [0.05, 0.1) is 5.60 Å². The van der Waals surface area contributed by atoms with Gasteiger partial charge in [0.15, 0.2) is 0 Å². The van der Waals surface area contributed by atoms with E-state index in [1.807, 2.05) is 50.2 Å². The van der Waals surface area contributed by atoms with Crippen molar-refractivity contribution < 1.29 is 14.7 Å². The molecule has 2 amide bonds. The highest BCUT2D eigenvalue weighted by Crippen LogP contribution is 2.63. The summed E-state index contributed by atoms with van der Waals surface area (Å²) in [7, 11) is 3.97. The highest BCUT2D eigenvalue weighted by atomic mass is 16.3. The molecule has 3 aliphatic rings. The maximum Gasteiger partial charge on any atom is 0.251 e. The number of nitrogens with one attached hydrogen (secondary N) is 2. The fraction of sp³-hybridized carbons (Fsp3) is 0.704. The van der Waals surface area contributed by atoms with Gasteiger partial charge in [-0.2, -0.15) is 0 Å². The molecule has 0 saturated heterocycles. The predicted octanol–water partition coefficient (Wildman–Crippen LogP) is 3.88. The van der Waals surface area contributed by atoms with Crippen molar-refractivity contribution in [3.8, 4) is 0 Å². The van der Waals surface area contributed by atoms with Crippen molar-refractivity contribution in [2.45, 2.75) is 89.8 Å². The molecule has 0 spiro atoms. The normalized spacial score (nSPS) is 32.7. The molecule has 33 heavy (non-hydrogen) atoms. The van der Waals surface area contributed by atoms with Gasteiger partial charge in [-0.15, -0.1) is 0 Å². The molecule has 4 rings (SSSR count). The maximum atomic E-state index is 13.3. The average molecular weight is 456 g/mol. The van der Waals surface area contributed by atoms with E-state index in [1.165, 1.54) is 0 Å². The molecule has 0 heterocycles. The second-order valence-electron chi connectivity index (χ2n) is 12.0. The molecule has 3 saturated carbocycles. The van der Waals surface area contributed by atoms with Crippen molar-refractivity contribution in [2.75, 3.05) is 19.0 Å². The van der Waals surface area contributed by atoms with Crippen LogP contribution < -0.4 is 15.5 Å². The first-order valence-corrected chi connectivity index (χ1v) is 12.5. The molecule has 3 aliphatic carbocycles. The molecule has 3 N–H and O–H groups in total. The lowest BCUT2D eigenvalue weighted by Gasteiger charge is -2.50. The molecule has 6 nitrogen and oxygen atoms in total. The van der Waals surface area contributed by atoms with Crippen molar-refractivity contribution in [1.29, 1.82) is 0 Å². The van der Waals surface area contributed by atoms with Crippen molar-refractivity contribution in [1.82, 2.24) is 10.6 Å². The van der Waals surface area contributed by atoms with E-state index < -0.39 is 5.60 Å². The highest BCUT2D eigenvalue weighted by Gasteiger charge is 2.61. The number of nitrogens with zero attached hydrogens (tertiary/aromatic N) is 1. The van der Waals surface area contributed by atoms with E-state index in [4.69, 9.17) is 0 Å². The van der Waals surface area contributed by atoms with E-state index in [0.29, 0.717) is 30.9 Å². The van der Waals surface area contributed by atoms with E-state index in [-0.39, 0.29) is 34.6 Å². The number of fused-ring (bicyclic) bond motifs is 1. The van der Waals surface area contributed by atoms with Crippen molar-refractivity contribution >= 4 is 17.5 Å². The zero-order valence-electron chi connectivity index (χ0n) is 20.9. The number of carbonyl (C=O) groups is 2. The number of anilines is 1. The minimum atomic E-state index is -0.692. The Labute approximate surface area is 198 Å². The lowest BCUT2D eigenvalue weighted by atomic mass is 9.57. The summed E-state index contributed by atoms with van der Waals surface area (Å²) in [5, 5.41) is 17.4. The topological polar surface area (TPSA) is 81.7 Å². The van der Waals surface area contributed by atoms with Gasteiger partial charge in [-0.05, 0) is 92.9 Å². The van der Waals surface area contributed by atoms with Crippen LogP contribution >= 0.6 is 0 Å². The molecule has 0 unspecified atom stereocenters. The number of amides is 2. The lowest BCUT2D eigenvalue weighted by Crippen LogP contribution is -2.52. The van der Waals surface area contributed by atoms with Crippen molar-refractivity contribution in [3.63, 3.8) is 0 Å². The van der Waals surface area contributed by atoms with Crippen molar-refractivity contribution in [3.05, 3.63) is 29.8 Å². The molecule has 0 aliphatic heterocycles. The molecular weight excluding hydrogens is 414 g/mol. The zero-order valence-corrected chi connectivity index (χ0v) is 20.9. The van der Waals surface area contributed by atoms with E-state index in [2.05, 4.69) is 24.5 Å². The average Bonchev–Trinajstić information content (AvgIpc) is 3.52. The minimum Gasteiger partial charge on any atom is -0.390 e. The Kier molecular flexibility index (Phi) is 6.27. The Bertz CT molecular complexity index is 888. The number of hydrogen-bond acceptors (Lipinski definition) is 4. The second-order valence-corrected chi connectivity index (χ2v) is 12.0. The third-order valence-electron chi connectivity index (χ3n) is 8.55. The van der Waals surface area contributed by atoms with Crippen LogP contribution in [0.15, 0.2) is 24.3 Å². The molecule has 1 aromatic rings. The predicted molar refractivity (Wildman–Crippen MR) is 131 cm³/mol. The van der Waals surface area contributed by atoms with Gasteiger partial charge < -0.3 is 20.6 Å². The van der Waals surface area contributed by atoms with E-state index in [0.717, 1.165) is 37.8 Å². The quantitative estimate of drug-likeness (QED) is 0.583. The smallest absolute Gasteiger partial charge is 0.251 e. The van der Waals surface area contributed by atoms with Crippen LogP contribution in [0.25, 0.3) is 0 Å². The Balaban J connectivity index is 1.56. The summed E-state index contributed by atoms with van der Waals surface area (Å²) in [5.74, 6) is 0.321. The van der Waals surface area contributed by atoms with E-state index in [1.54, 1.807) is 0 Å². The fourth-order valence-electron chi connectivity index (χ4n) is 6.46. The summed E-state index contributed by atoms with van der Waals surface area (Å²) in [4.78, 5) is 27.9. The Morgan fingerprint density at radius 3 is 2.30 bits per heavy atom. The van der Waals surface area contributed by atoms with Crippen LogP contribution in [-0.2, 0) is 4.79 Å². The maximum absolute atomic E-state index is 13.3. The summed E-state index contributed by atoms with van der Waals surface area (Å²) in [6.07, 6.45) is 6.51. The number of carbonyl (C=O) groups excluding carboxylic acids is 2. The van der Waals surface area contributed by atoms with Gasteiger partial charge in [0.2, 0.25) is 5.91 Å². The highest BCUT2D eigenvalue weighted by molar-refractivity contribution is 5.94. The molecule has 3 fully saturated rings. The first kappa shape index (κ1) is 24.1. The summed E-state index contributed by atoms with van der Waals surface area (Å²) < 4.78 is 0. The van der Waals surface area contributed by atoms with Crippen LogP contribution in [0.4, 0.5) is 5.69 Å². The van der Waals surface area contributed by atoms with Crippen LogP contribution in [-0.4, -0.2) is 48.7 Å². The zero-order chi connectivity index (χ0) is 24.0. The molecule has 4 atom stereocenters. The molecular formula is C27H41N3O3. The number of rotatable bonds is 7. The van der Waals surface area contributed by atoms with Gasteiger partial charge in [-0.25, -0.2) is 0 Å². The molecule has 182 valence electrons. The standard InChI is InChI=1S/C27H41N3O3/c1-25(2)17-22(29-24(32)18-6-10-20(11-7-18)30(4)5)27(13-12-23(31)28-19-8-9-19)15-14-26(3,33)16-21(25)27/h6-7,10-11,19,21-22,33H,8-9,12-17H2,1-5H3,(H,28,31)(H,29,32)/t21-,22-,26+,27+/m0/s1.